The largest absolute Gasteiger partial charge is 0.352 e. The topological polar surface area (TPSA) is 70.7 Å². The van der Waals surface area contributed by atoms with Gasteiger partial charge in [0.05, 0.1) is 10.6 Å². The molecule has 1 fully saturated rings. The third kappa shape index (κ3) is 4.14. The number of rotatable bonds is 5. The van der Waals surface area contributed by atoms with Crippen molar-refractivity contribution >= 4 is 29.0 Å². The van der Waals surface area contributed by atoms with Crippen molar-refractivity contribution in [2.45, 2.75) is 44.3 Å². The van der Waals surface area contributed by atoms with E-state index in [9.17, 15) is 4.79 Å². The lowest BCUT2D eigenvalue weighted by atomic mass is 9.78. The number of carbonyl (C=O) groups is 1. The zero-order valence-electron chi connectivity index (χ0n) is 13.4. The molecule has 2 aromatic heterocycles. The van der Waals surface area contributed by atoms with Gasteiger partial charge in [-0.05, 0) is 29.7 Å². The Morgan fingerprint density at radius 3 is 3.13 bits per heavy atom. The summed E-state index contributed by atoms with van der Waals surface area (Å²) < 4.78 is 0. The lowest BCUT2D eigenvalue weighted by Gasteiger charge is -2.34. The van der Waals surface area contributed by atoms with Crippen LogP contribution in [0, 0.1) is 11.8 Å². The maximum Gasteiger partial charge on any atom is 0.230 e. The molecule has 0 radical (unpaired) electrons. The van der Waals surface area contributed by atoms with E-state index in [0.717, 1.165) is 17.1 Å². The van der Waals surface area contributed by atoms with Gasteiger partial charge in [-0.25, -0.2) is 4.98 Å². The molecule has 23 heavy (non-hydrogen) atoms. The molecular weight excluding hydrogens is 328 g/mol. The molecule has 124 valence electrons. The number of aromatic amines is 1. The van der Waals surface area contributed by atoms with E-state index in [-0.39, 0.29) is 5.91 Å². The standard InChI is InChI=1S/C16H22N4OS2/c1-10-5-3-6-12(11(10)2)17-14(21)9-23-16-18-15(19-20-16)13-7-4-8-22-13/h4,7-8,10-12H,3,5-6,9H2,1-2H3,(H,17,21)(H,18,19,20). The van der Waals surface area contributed by atoms with Gasteiger partial charge in [0.15, 0.2) is 5.82 Å². The lowest BCUT2D eigenvalue weighted by molar-refractivity contribution is -0.120. The summed E-state index contributed by atoms with van der Waals surface area (Å²) in [6.07, 6.45) is 3.56. The van der Waals surface area contributed by atoms with Crippen molar-refractivity contribution in [2.75, 3.05) is 5.75 Å². The number of nitrogens with zero attached hydrogens (tertiary/aromatic N) is 2. The van der Waals surface area contributed by atoms with E-state index in [1.807, 2.05) is 17.5 Å². The monoisotopic (exact) mass is 350 g/mol. The van der Waals surface area contributed by atoms with Crippen LogP contribution in [0.3, 0.4) is 0 Å². The second-order valence-electron chi connectivity index (χ2n) is 6.17. The molecule has 2 aromatic rings. The molecule has 5 nitrogen and oxygen atoms in total. The summed E-state index contributed by atoms with van der Waals surface area (Å²) in [5, 5.41) is 12.9. The Kier molecular flexibility index (Phi) is 5.38. The highest BCUT2D eigenvalue weighted by atomic mass is 32.2. The van der Waals surface area contributed by atoms with Crippen molar-refractivity contribution in [3.05, 3.63) is 17.5 Å². The highest BCUT2D eigenvalue weighted by Crippen LogP contribution is 2.29. The molecule has 1 aliphatic rings. The molecular formula is C16H22N4OS2. The highest BCUT2D eigenvalue weighted by Gasteiger charge is 2.28. The average Bonchev–Trinajstić information content (AvgIpc) is 3.20. The second kappa shape index (κ2) is 7.49. The Hall–Kier alpha value is -1.34. The summed E-state index contributed by atoms with van der Waals surface area (Å²) in [5.41, 5.74) is 0. The SMILES string of the molecule is CC1CCCC(NC(=O)CSc2n[nH]c(-c3cccs3)n2)C1C. The van der Waals surface area contributed by atoms with Crippen LogP contribution >= 0.6 is 23.1 Å². The summed E-state index contributed by atoms with van der Waals surface area (Å²) in [4.78, 5) is 17.7. The number of hydrogen-bond donors (Lipinski definition) is 2. The van der Waals surface area contributed by atoms with Crippen molar-refractivity contribution in [3.8, 4) is 10.7 Å². The number of amides is 1. The smallest absolute Gasteiger partial charge is 0.230 e. The molecule has 1 aliphatic carbocycles. The van der Waals surface area contributed by atoms with Gasteiger partial charge in [-0.3, -0.25) is 9.89 Å². The van der Waals surface area contributed by atoms with Crippen molar-refractivity contribution in [2.24, 2.45) is 11.8 Å². The second-order valence-corrected chi connectivity index (χ2v) is 8.06. The first kappa shape index (κ1) is 16.5. The molecule has 2 N–H and O–H groups in total. The highest BCUT2D eigenvalue weighted by molar-refractivity contribution is 7.99. The zero-order chi connectivity index (χ0) is 16.2. The molecule has 0 aromatic carbocycles. The number of carbonyl (C=O) groups excluding carboxylic acids is 1. The normalized spacial score (nSPS) is 24.5. The molecule has 3 unspecified atom stereocenters. The molecule has 2 heterocycles. The predicted octanol–water partition coefficient (Wildman–Crippen LogP) is 3.57. The molecule has 0 bridgehead atoms. The number of thioether (sulfide) groups is 1. The van der Waals surface area contributed by atoms with E-state index >= 15 is 0 Å². The van der Waals surface area contributed by atoms with E-state index in [0.29, 0.717) is 28.8 Å². The van der Waals surface area contributed by atoms with Gasteiger partial charge >= 0.3 is 0 Å². The summed E-state index contributed by atoms with van der Waals surface area (Å²) in [6.45, 7) is 4.52. The van der Waals surface area contributed by atoms with Crippen LogP contribution in [0.15, 0.2) is 22.7 Å². The third-order valence-electron chi connectivity index (χ3n) is 4.61. The quantitative estimate of drug-likeness (QED) is 0.809. The van der Waals surface area contributed by atoms with Crippen LogP contribution in [0.2, 0.25) is 0 Å². The van der Waals surface area contributed by atoms with E-state index in [1.54, 1.807) is 11.3 Å². The zero-order valence-corrected chi connectivity index (χ0v) is 15.0. The number of H-pyrrole nitrogens is 1. The van der Waals surface area contributed by atoms with Crippen LogP contribution in [0.1, 0.15) is 33.1 Å². The van der Waals surface area contributed by atoms with Gasteiger partial charge in [-0.1, -0.05) is 44.5 Å². The van der Waals surface area contributed by atoms with Gasteiger partial charge in [0.2, 0.25) is 11.1 Å². The van der Waals surface area contributed by atoms with Crippen LogP contribution in [-0.2, 0) is 4.79 Å². The number of hydrogen-bond acceptors (Lipinski definition) is 5. The van der Waals surface area contributed by atoms with Crippen molar-refractivity contribution in [1.82, 2.24) is 20.5 Å². The van der Waals surface area contributed by atoms with Gasteiger partial charge in [0.25, 0.3) is 0 Å². The first-order valence-electron chi connectivity index (χ1n) is 8.02. The molecule has 7 heteroatoms. The van der Waals surface area contributed by atoms with E-state index in [1.165, 1.54) is 24.6 Å². The van der Waals surface area contributed by atoms with E-state index in [2.05, 4.69) is 34.3 Å². The van der Waals surface area contributed by atoms with E-state index < -0.39 is 0 Å². The predicted molar refractivity (Wildman–Crippen MR) is 94.5 cm³/mol. The molecule has 3 atom stereocenters. The molecule has 0 aliphatic heterocycles. The summed E-state index contributed by atoms with van der Waals surface area (Å²) in [6, 6.07) is 4.29. The molecule has 0 saturated heterocycles. The molecule has 0 spiro atoms. The number of aromatic nitrogens is 3. The maximum atomic E-state index is 12.2. The minimum absolute atomic E-state index is 0.0726. The number of nitrogens with one attached hydrogen (secondary N) is 2. The minimum Gasteiger partial charge on any atom is -0.352 e. The molecule has 1 amide bonds. The first-order valence-corrected chi connectivity index (χ1v) is 9.88. The van der Waals surface area contributed by atoms with Crippen molar-refractivity contribution in [3.63, 3.8) is 0 Å². The van der Waals surface area contributed by atoms with Gasteiger partial charge in [0.1, 0.15) is 0 Å². The minimum atomic E-state index is 0.0726. The van der Waals surface area contributed by atoms with Crippen molar-refractivity contribution < 1.29 is 4.79 Å². The Morgan fingerprint density at radius 2 is 2.35 bits per heavy atom. The first-order chi connectivity index (χ1) is 11.1. The van der Waals surface area contributed by atoms with Gasteiger partial charge in [0, 0.05) is 6.04 Å². The Balaban J connectivity index is 1.49. The van der Waals surface area contributed by atoms with Gasteiger partial charge < -0.3 is 5.32 Å². The van der Waals surface area contributed by atoms with Crippen LogP contribution in [-0.4, -0.2) is 32.9 Å². The maximum absolute atomic E-state index is 12.2. The molecule has 3 rings (SSSR count). The summed E-state index contributed by atoms with van der Waals surface area (Å²) in [5.74, 6) is 2.43. The van der Waals surface area contributed by atoms with E-state index in [4.69, 9.17) is 0 Å². The fourth-order valence-electron chi connectivity index (χ4n) is 3.00. The fourth-order valence-corrected chi connectivity index (χ4v) is 4.27. The van der Waals surface area contributed by atoms with Gasteiger partial charge in [-0.15, -0.1) is 16.4 Å². The number of thiophene rings is 1. The van der Waals surface area contributed by atoms with Crippen molar-refractivity contribution in [1.29, 1.82) is 0 Å². The third-order valence-corrected chi connectivity index (χ3v) is 6.33. The Bertz CT molecular complexity index is 640. The van der Waals surface area contributed by atoms with Gasteiger partial charge in [-0.2, -0.15) is 0 Å². The van der Waals surface area contributed by atoms with Crippen LogP contribution in [0.25, 0.3) is 10.7 Å². The Morgan fingerprint density at radius 1 is 1.48 bits per heavy atom. The molecule has 1 saturated carbocycles. The Labute approximate surface area is 144 Å². The van der Waals surface area contributed by atoms with Crippen LogP contribution < -0.4 is 5.32 Å². The van der Waals surface area contributed by atoms with Crippen LogP contribution in [0.5, 0.6) is 0 Å². The average molecular weight is 351 g/mol. The summed E-state index contributed by atoms with van der Waals surface area (Å²) in [7, 11) is 0. The summed E-state index contributed by atoms with van der Waals surface area (Å²) >= 11 is 2.99. The van der Waals surface area contributed by atoms with Crippen LogP contribution in [0.4, 0.5) is 0 Å². The fraction of sp³-hybridized carbons (Fsp3) is 0.562. The lowest BCUT2D eigenvalue weighted by Crippen LogP contribution is -2.44.